The van der Waals surface area contributed by atoms with E-state index in [9.17, 15) is 13.2 Å². The van der Waals surface area contributed by atoms with Crippen molar-refractivity contribution < 1.29 is 22.6 Å². The van der Waals surface area contributed by atoms with Gasteiger partial charge in [-0.25, -0.2) is 9.38 Å². The highest BCUT2D eigenvalue weighted by Crippen LogP contribution is 2.45. The molecule has 1 aliphatic rings. The number of fused-ring (bicyclic) bond motifs is 1. The van der Waals surface area contributed by atoms with Gasteiger partial charge in [-0.15, -0.1) is 0 Å². The van der Waals surface area contributed by atoms with Gasteiger partial charge in [-0.05, 0) is 42.8 Å². The second-order valence-electron chi connectivity index (χ2n) is 7.25. The average Bonchev–Trinajstić information content (AvgIpc) is 3.06. The number of rotatable bonds is 4. The molecule has 2 heterocycles. The molecule has 8 heteroatoms. The Kier molecular flexibility index (Phi) is 4.44. The van der Waals surface area contributed by atoms with E-state index >= 15 is 0 Å². The molecule has 1 aliphatic heterocycles. The van der Waals surface area contributed by atoms with Crippen LogP contribution >= 0.6 is 0 Å². The molecule has 3 aromatic rings. The molecule has 1 unspecified atom stereocenters. The van der Waals surface area contributed by atoms with Crippen LogP contribution in [0.25, 0.3) is 10.9 Å². The molecule has 2 aromatic carbocycles. The van der Waals surface area contributed by atoms with Crippen molar-refractivity contribution in [2.24, 2.45) is 10.7 Å². The third kappa shape index (κ3) is 3.28. The fourth-order valence-corrected chi connectivity index (χ4v) is 3.54. The Bertz CT molecular complexity index is 1090. The molecular weight excluding hydrogens is 383 g/mol. The second kappa shape index (κ2) is 6.72. The van der Waals surface area contributed by atoms with Gasteiger partial charge in [0.2, 0.25) is 0 Å². The number of halogens is 3. The van der Waals surface area contributed by atoms with Crippen molar-refractivity contribution in [2.45, 2.75) is 24.8 Å². The van der Waals surface area contributed by atoms with Crippen LogP contribution in [0.3, 0.4) is 0 Å². The highest BCUT2D eigenvalue weighted by molar-refractivity contribution is 5.82. The molecule has 0 saturated heterocycles. The van der Waals surface area contributed by atoms with E-state index in [1.54, 1.807) is 13.2 Å². The number of hydrogen-bond donors (Lipinski definition) is 2. The van der Waals surface area contributed by atoms with E-state index in [0.29, 0.717) is 17.3 Å². The van der Waals surface area contributed by atoms with E-state index in [-0.39, 0.29) is 11.6 Å². The number of ether oxygens (including phenoxy) is 2. The van der Waals surface area contributed by atoms with E-state index in [0.717, 1.165) is 23.9 Å². The zero-order valence-electron chi connectivity index (χ0n) is 15.9. The highest BCUT2D eigenvalue weighted by Gasteiger charge is 2.56. The standard InChI is InChI=1S/C21H20F3N3O2/c1-20(21(23,24)11-29-19(25)27-20)16-10-18-13(9-17(16)22)8-14(26-18)7-12-3-5-15(28-2)6-4-12/h3-6,8-10,26H,7,11H2,1-2H3,(H2,25,27). The lowest BCUT2D eigenvalue weighted by atomic mass is 9.85. The number of benzene rings is 2. The van der Waals surface area contributed by atoms with E-state index in [4.69, 9.17) is 10.5 Å². The Balaban J connectivity index is 1.72. The van der Waals surface area contributed by atoms with Crippen molar-refractivity contribution in [3.63, 3.8) is 0 Å². The van der Waals surface area contributed by atoms with E-state index < -0.39 is 23.9 Å². The maximum atomic E-state index is 14.8. The summed E-state index contributed by atoms with van der Waals surface area (Å²) in [5, 5.41) is 0.589. The van der Waals surface area contributed by atoms with Gasteiger partial charge in [0.25, 0.3) is 6.02 Å². The zero-order chi connectivity index (χ0) is 20.8. The van der Waals surface area contributed by atoms with Crippen molar-refractivity contribution in [2.75, 3.05) is 13.7 Å². The molecule has 0 radical (unpaired) electrons. The minimum absolute atomic E-state index is 0.237. The normalized spacial score (nSPS) is 20.9. The Labute approximate surface area is 165 Å². The SMILES string of the molecule is COc1ccc(Cc2cc3cc(F)c(C4(C)N=C(N)OCC4(F)F)cc3[nH]2)cc1. The minimum atomic E-state index is -3.41. The summed E-state index contributed by atoms with van der Waals surface area (Å²) in [7, 11) is 1.60. The minimum Gasteiger partial charge on any atom is -0.497 e. The number of H-pyrrole nitrogens is 1. The molecule has 1 aromatic heterocycles. The maximum absolute atomic E-state index is 14.8. The summed E-state index contributed by atoms with van der Waals surface area (Å²) in [4.78, 5) is 6.93. The monoisotopic (exact) mass is 403 g/mol. The molecule has 4 rings (SSSR count). The number of amidine groups is 1. The van der Waals surface area contributed by atoms with E-state index in [1.807, 2.05) is 24.3 Å². The Morgan fingerprint density at radius 1 is 1.21 bits per heavy atom. The number of aromatic amines is 1. The summed E-state index contributed by atoms with van der Waals surface area (Å²) in [5.74, 6) is -3.43. The first-order valence-electron chi connectivity index (χ1n) is 9.02. The summed E-state index contributed by atoms with van der Waals surface area (Å²) in [5.41, 5.74) is 5.50. The molecule has 0 aliphatic carbocycles. The molecule has 0 amide bonds. The van der Waals surface area contributed by atoms with Gasteiger partial charge in [0, 0.05) is 28.6 Å². The van der Waals surface area contributed by atoms with Crippen molar-refractivity contribution in [1.29, 1.82) is 0 Å². The van der Waals surface area contributed by atoms with Gasteiger partial charge in [0.15, 0.2) is 12.1 Å². The van der Waals surface area contributed by atoms with Crippen molar-refractivity contribution in [3.05, 3.63) is 65.1 Å². The molecule has 0 saturated carbocycles. The largest absolute Gasteiger partial charge is 0.497 e. The molecule has 3 N–H and O–H groups in total. The fraction of sp³-hybridized carbons (Fsp3) is 0.286. The molecule has 29 heavy (non-hydrogen) atoms. The van der Waals surface area contributed by atoms with Crippen LogP contribution in [0, 0.1) is 5.82 Å². The predicted molar refractivity (Wildman–Crippen MR) is 104 cm³/mol. The van der Waals surface area contributed by atoms with Crippen LogP contribution in [0.1, 0.15) is 23.7 Å². The zero-order valence-corrected chi connectivity index (χ0v) is 15.9. The van der Waals surface area contributed by atoms with Crippen LogP contribution in [-0.4, -0.2) is 30.6 Å². The third-order valence-electron chi connectivity index (χ3n) is 5.29. The van der Waals surface area contributed by atoms with Gasteiger partial charge in [-0.1, -0.05) is 12.1 Å². The summed E-state index contributed by atoms with van der Waals surface area (Å²) in [6.07, 6.45) is 0.571. The van der Waals surface area contributed by atoms with Crippen LogP contribution in [0.4, 0.5) is 13.2 Å². The Morgan fingerprint density at radius 3 is 2.62 bits per heavy atom. The quantitative estimate of drug-likeness (QED) is 0.689. The first kappa shape index (κ1) is 19.2. The lowest BCUT2D eigenvalue weighted by Crippen LogP contribution is -2.51. The number of nitrogens with zero attached hydrogens (tertiary/aromatic N) is 1. The van der Waals surface area contributed by atoms with Gasteiger partial charge in [0.1, 0.15) is 11.6 Å². The van der Waals surface area contributed by atoms with Gasteiger partial charge < -0.3 is 20.2 Å². The molecule has 1 atom stereocenters. The molecule has 0 bridgehead atoms. The van der Waals surface area contributed by atoms with Crippen LogP contribution in [0.15, 0.2) is 47.5 Å². The summed E-state index contributed by atoms with van der Waals surface area (Å²) < 4.78 is 53.8. The first-order valence-corrected chi connectivity index (χ1v) is 9.02. The molecule has 0 fully saturated rings. The summed E-state index contributed by atoms with van der Waals surface area (Å²) >= 11 is 0. The molecule has 152 valence electrons. The van der Waals surface area contributed by atoms with Crippen molar-refractivity contribution in [3.8, 4) is 5.75 Å². The smallest absolute Gasteiger partial charge is 0.310 e. The van der Waals surface area contributed by atoms with Crippen LogP contribution in [0.2, 0.25) is 0 Å². The number of hydrogen-bond acceptors (Lipinski definition) is 4. The first-order chi connectivity index (χ1) is 13.7. The van der Waals surface area contributed by atoms with Gasteiger partial charge >= 0.3 is 5.92 Å². The van der Waals surface area contributed by atoms with Gasteiger partial charge in [-0.3, -0.25) is 0 Å². The third-order valence-corrected chi connectivity index (χ3v) is 5.29. The topological polar surface area (TPSA) is 72.6 Å². The number of alkyl halides is 2. The Morgan fingerprint density at radius 2 is 1.93 bits per heavy atom. The molecule has 0 spiro atoms. The number of methoxy groups -OCH3 is 1. The van der Waals surface area contributed by atoms with Crippen LogP contribution in [-0.2, 0) is 16.7 Å². The Hall–Kier alpha value is -3.16. The number of nitrogens with one attached hydrogen (secondary N) is 1. The number of aliphatic imine (C=N–C) groups is 1. The molecular formula is C21H20F3N3O2. The highest BCUT2D eigenvalue weighted by atomic mass is 19.3. The van der Waals surface area contributed by atoms with Crippen LogP contribution < -0.4 is 10.5 Å². The van der Waals surface area contributed by atoms with Crippen molar-refractivity contribution in [1.82, 2.24) is 4.98 Å². The van der Waals surface area contributed by atoms with Crippen LogP contribution in [0.5, 0.6) is 5.75 Å². The number of aromatic nitrogens is 1. The predicted octanol–water partition coefficient (Wildman–Crippen LogP) is 4.10. The molecule has 5 nitrogen and oxygen atoms in total. The van der Waals surface area contributed by atoms with E-state index in [1.165, 1.54) is 12.1 Å². The van der Waals surface area contributed by atoms with Gasteiger partial charge in [0.05, 0.1) is 7.11 Å². The summed E-state index contributed by atoms with van der Waals surface area (Å²) in [6, 6.07) is 11.6. The average molecular weight is 403 g/mol. The van der Waals surface area contributed by atoms with Gasteiger partial charge in [-0.2, -0.15) is 8.78 Å². The summed E-state index contributed by atoms with van der Waals surface area (Å²) in [6.45, 7) is 0.206. The number of nitrogens with two attached hydrogens (primary N) is 1. The lowest BCUT2D eigenvalue weighted by molar-refractivity contribution is -0.117. The second-order valence-corrected chi connectivity index (χ2v) is 7.25. The van der Waals surface area contributed by atoms with E-state index in [2.05, 4.69) is 14.7 Å². The maximum Gasteiger partial charge on any atom is 0.310 e. The fourth-order valence-electron chi connectivity index (χ4n) is 3.54. The lowest BCUT2D eigenvalue weighted by Gasteiger charge is -2.37. The van der Waals surface area contributed by atoms with Crippen molar-refractivity contribution >= 4 is 16.9 Å².